The van der Waals surface area contributed by atoms with Crippen molar-refractivity contribution < 1.29 is 37.3 Å². The van der Waals surface area contributed by atoms with E-state index in [1.54, 1.807) is 54.6 Å². The molecule has 7 nitrogen and oxygen atoms in total. The van der Waals surface area contributed by atoms with E-state index < -0.39 is 31.4 Å². The van der Waals surface area contributed by atoms with Crippen molar-refractivity contribution in [3.05, 3.63) is 65.0 Å². The van der Waals surface area contributed by atoms with Crippen LogP contribution < -0.4 is 9.61 Å². The Morgan fingerprint density at radius 2 is 1.91 bits per heavy atom. The summed E-state index contributed by atoms with van der Waals surface area (Å²) >= 11 is 1.14. The summed E-state index contributed by atoms with van der Waals surface area (Å²) in [5.41, 5.74) is 0.622. The summed E-state index contributed by atoms with van der Waals surface area (Å²) in [6.45, 7) is 1.35. The maximum Gasteiger partial charge on any atom is 0.345 e. The quantitative estimate of drug-likeness (QED) is 0.251. The Hall–Kier alpha value is -2.81. The number of para-hydroxylation sites is 1. The highest BCUT2D eigenvalue weighted by Crippen LogP contribution is 2.47. The number of thiophene rings is 1. The summed E-state index contributed by atoms with van der Waals surface area (Å²) < 4.78 is 51.7. The predicted octanol–water partition coefficient (Wildman–Crippen LogP) is 5.94. The average molecular weight is 523 g/mol. The lowest BCUT2D eigenvalue weighted by atomic mass is 9.82. The number of halogens is 2. The van der Waals surface area contributed by atoms with Gasteiger partial charge < -0.3 is 14.4 Å². The fourth-order valence-electron chi connectivity index (χ4n) is 3.87. The minimum atomic E-state index is -3.71. The van der Waals surface area contributed by atoms with Crippen LogP contribution in [-0.4, -0.2) is 35.6 Å². The Bertz CT molecular complexity index is 1270. The zero-order chi connectivity index (χ0) is 25.2. The van der Waals surface area contributed by atoms with Gasteiger partial charge in [-0.25, -0.2) is 18.7 Å². The summed E-state index contributed by atoms with van der Waals surface area (Å²) in [6, 6.07) is 14.2. The average Bonchev–Trinajstić information content (AvgIpc) is 3.20. The standard InChI is InChI=1S/C24H24F2NO6PS/c1-15(23(30)32-13-17-11-24(25,26)12-17)27-34(31,33-19-5-3-2-4-6-19)14-16-7-8-20-18(9-16)10-21(35-20)22(28)29/h2-10,15,17H,11-14H2,1H3,(H,27,31)(H,28,29). The summed E-state index contributed by atoms with van der Waals surface area (Å²) in [5, 5.41) is 12.7. The van der Waals surface area contributed by atoms with E-state index in [1.807, 2.05) is 0 Å². The lowest BCUT2D eigenvalue weighted by Gasteiger charge is -2.34. The van der Waals surface area contributed by atoms with Crippen molar-refractivity contribution in [2.45, 2.75) is 37.9 Å². The molecule has 0 radical (unpaired) electrons. The highest BCUT2D eigenvalue weighted by Gasteiger charge is 2.45. The van der Waals surface area contributed by atoms with Crippen LogP contribution in [0, 0.1) is 5.92 Å². The van der Waals surface area contributed by atoms with E-state index in [-0.39, 0.29) is 36.4 Å². The number of aromatic carboxylic acids is 1. The lowest BCUT2D eigenvalue weighted by molar-refractivity contribution is -0.158. The van der Waals surface area contributed by atoms with Crippen LogP contribution in [0.2, 0.25) is 0 Å². The Morgan fingerprint density at radius 3 is 2.57 bits per heavy atom. The number of ether oxygens (including phenoxy) is 1. The first-order chi connectivity index (χ1) is 16.5. The molecular formula is C24H24F2NO6PS. The number of carboxylic acid groups (broad SMARTS) is 1. The second kappa shape index (κ2) is 10.0. The van der Waals surface area contributed by atoms with Crippen molar-refractivity contribution in [1.82, 2.24) is 5.09 Å². The van der Waals surface area contributed by atoms with Gasteiger partial charge in [0, 0.05) is 23.5 Å². The molecule has 0 aliphatic heterocycles. The third kappa shape index (κ3) is 6.45. The Labute approximate surface area is 204 Å². The van der Waals surface area contributed by atoms with Crippen LogP contribution in [-0.2, 0) is 20.3 Å². The van der Waals surface area contributed by atoms with Crippen molar-refractivity contribution in [3.8, 4) is 5.75 Å². The number of carboxylic acids is 1. The van der Waals surface area contributed by atoms with Crippen LogP contribution in [0.5, 0.6) is 5.75 Å². The molecule has 1 aliphatic rings. The monoisotopic (exact) mass is 523 g/mol. The van der Waals surface area contributed by atoms with Crippen molar-refractivity contribution in [2.75, 3.05) is 6.61 Å². The number of fused-ring (bicyclic) bond motifs is 1. The fraction of sp³-hybridized carbons (Fsp3) is 0.333. The number of hydrogen-bond donors (Lipinski definition) is 2. The van der Waals surface area contributed by atoms with Gasteiger partial charge in [-0.3, -0.25) is 9.36 Å². The zero-order valence-electron chi connectivity index (χ0n) is 18.8. The molecule has 2 aromatic carbocycles. The van der Waals surface area contributed by atoms with Crippen LogP contribution in [0.15, 0.2) is 54.6 Å². The van der Waals surface area contributed by atoms with Gasteiger partial charge in [0.2, 0.25) is 5.92 Å². The summed E-state index contributed by atoms with van der Waals surface area (Å²) in [6.07, 6.45) is -0.707. The molecule has 3 aromatic rings. The van der Waals surface area contributed by atoms with Crippen LogP contribution in [0.1, 0.15) is 35.0 Å². The van der Waals surface area contributed by atoms with Crippen LogP contribution in [0.25, 0.3) is 10.1 Å². The van der Waals surface area contributed by atoms with E-state index in [0.29, 0.717) is 16.7 Å². The summed E-state index contributed by atoms with van der Waals surface area (Å²) in [7, 11) is -3.71. The van der Waals surface area contributed by atoms with Gasteiger partial charge in [-0.05, 0) is 48.2 Å². The van der Waals surface area contributed by atoms with Gasteiger partial charge >= 0.3 is 19.5 Å². The Morgan fingerprint density at radius 1 is 1.20 bits per heavy atom. The molecule has 1 fully saturated rings. The van der Waals surface area contributed by atoms with Gasteiger partial charge in [0.25, 0.3) is 0 Å². The molecule has 35 heavy (non-hydrogen) atoms. The maximum absolute atomic E-state index is 13.9. The highest BCUT2D eigenvalue weighted by atomic mass is 32.1. The Balaban J connectivity index is 1.49. The minimum absolute atomic E-state index is 0.0808. The van der Waals surface area contributed by atoms with E-state index in [9.17, 15) is 28.0 Å². The lowest BCUT2D eigenvalue weighted by Crippen LogP contribution is -2.40. The van der Waals surface area contributed by atoms with Gasteiger partial charge in [-0.2, -0.15) is 0 Å². The second-order valence-corrected chi connectivity index (χ2v) is 11.8. The number of rotatable bonds is 10. The number of hydrogen-bond acceptors (Lipinski definition) is 6. The minimum Gasteiger partial charge on any atom is -0.477 e. The maximum atomic E-state index is 13.9. The molecule has 2 N–H and O–H groups in total. The molecule has 186 valence electrons. The smallest absolute Gasteiger partial charge is 0.345 e. The highest BCUT2D eigenvalue weighted by molar-refractivity contribution is 7.56. The molecule has 2 atom stereocenters. The third-order valence-electron chi connectivity index (χ3n) is 5.56. The zero-order valence-corrected chi connectivity index (χ0v) is 20.5. The molecule has 1 aromatic heterocycles. The molecule has 2 unspecified atom stereocenters. The van der Waals surface area contributed by atoms with Crippen LogP contribution in [0.3, 0.4) is 0 Å². The predicted molar refractivity (Wildman–Crippen MR) is 128 cm³/mol. The van der Waals surface area contributed by atoms with E-state index in [1.165, 1.54) is 6.92 Å². The molecule has 0 spiro atoms. The molecule has 11 heteroatoms. The molecule has 0 saturated heterocycles. The first-order valence-electron chi connectivity index (χ1n) is 10.9. The van der Waals surface area contributed by atoms with Gasteiger partial charge in [-0.15, -0.1) is 11.3 Å². The molecular weight excluding hydrogens is 499 g/mol. The van der Waals surface area contributed by atoms with Gasteiger partial charge in [-0.1, -0.05) is 24.3 Å². The van der Waals surface area contributed by atoms with Gasteiger partial charge in [0.1, 0.15) is 16.7 Å². The first-order valence-corrected chi connectivity index (χ1v) is 13.6. The van der Waals surface area contributed by atoms with Gasteiger partial charge in [0.15, 0.2) is 0 Å². The third-order valence-corrected chi connectivity index (χ3v) is 8.73. The van der Waals surface area contributed by atoms with Crippen LogP contribution >= 0.6 is 18.9 Å². The van der Waals surface area contributed by atoms with Crippen molar-refractivity contribution in [2.24, 2.45) is 5.92 Å². The second-order valence-electron chi connectivity index (χ2n) is 8.63. The first kappa shape index (κ1) is 25.3. The van der Waals surface area contributed by atoms with Crippen LogP contribution in [0.4, 0.5) is 8.78 Å². The topological polar surface area (TPSA) is 102 Å². The molecule has 1 saturated carbocycles. The van der Waals surface area contributed by atoms with E-state index >= 15 is 0 Å². The summed E-state index contributed by atoms with van der Waals surface area (Å²) in [5.74, 6) is -4.48. The van der Waals surface area contributed by atoms with Crippen molar-refractivity contribution in [3.63, 3.8) is 0 Å². The largest absolute Gasteiger partial charge is 0.477 e. The summed E-state index contributed by atoms with van der Waals surface area (Å²) in [4.78, 5) is 23.9. The molecule has 0 bridgehead atoms. The van der Waals surface area contributed by atoms with Crippen molar-refractivity contribution >= 4 is 40.9 Å². The Kier molecular flexibility index (Phi) is 7.26. The van der Waals surface area contributed by atoms with E-state index in [0.717, 1.165) is 16.0 Å². The molecule has 0 amide bonds. The normalized spacial score (nSPS) is 17.8. The SMILES string of the molecule is CC(NP(=O)(Cc1ccc2sc(C(=O)O)cc2c1)Oc1ccccc1)C(=O)OCC1CC(F)(F)C1. The number of nitrogens with one attached hydrogen (secondary N) is 1. The number of esters is 1. The number of alkyl halides is 2. The number of carbonyl (C=O) groups excluding carboxylic acids is 1. The van der Waals surface area contributed by atoms with Crippen molar-refractivity contribution in [1.29, 1.82) is 0 Å². The molecule has 1 heterocycles. The number of carbonyl (C=O) groups is 2. The number of benzene rings is 2. The van der Waals surface area contributed by atoms with Gasteiger partial charge in [0.05, 0.1) is 12.8 Å². The molecule has 1 aliphatic carbocycles. The molecule has 4 rings (SSSR count). The fourth-order valence-corrected chi connectivity index (χ4v) is 6.79. The van der Waals surface area contributed by atoms with E-state index in [2.05, 4.69) is 5.09 Å². The van der Waals surface area contributed by atoms with E-state index in [4.69, 9.17) is 9.26 Å².